The molecule has 3 aromatic rings. The predicted molar refractivity (Wildman–Crippen MR) is 96.8 cm³/mol. The van der Waals surface area contributed by atoms with Crippen LogP contribution in [0.4, 0.5) is 5.69 Å². The van der Waals surface area contributed by atoms with E-state index in [4.69, 9.17) is 0 Å². The molecule has 1 aliphatic rings. The first-order chi connectivity index (χ1) is 12.5. The van der Waals surface area contributed by atoms with Crippen LogP contribution in [0.3, 0.4) is 0 Å². The van der Waals surface area contributed by atoms with E-state index in [-0.39, 0.29) is 10.7 Å². The molecule has 26 heavy (non-hydrogen) atoms. The molecule has 0 radical (unpaired) electrons. The molecule has 2 aromatic heterocycles. The van der Waals surface area contributed by atoms with E-state index in [2.05, 4.69) is 14.9 Å². The topological polar surface area (TPSA) is 93.4 Å². The molecule has 0 aliphatic heterocycles. The standard InChI is InChI=1S/C18H18N4O3S/c1-12(23)13-7-9-15(10-8-13)26(24,25)21-16-6-3-11-22-17(14-4-2-5-14)19-20-18(16)22/h3,6-11,14,21H,2,4-5H2,1H3. The lowest BCUT2D eigenvalue weighted by atomic mass is 9.85. The molecule has 134 valence electrons. The molecule has 1 aromatic carbocycles. The molecule has 0 atom stereocenters. The number of hydrogen-bond donors (Lipinski definition) is 1. The van der Waals surface area contributed by atoms with Crippen LogP contribution in [0.5, 0.6) is 0 Å². The predicted octanol–water partition coefficient (Wildman–Crippen LogP) is 3.00. The Morgan fingerprint density at radius 1 is 1.15 bits per heavy atom. The summed E-state index contributed by atoms with van der Waals surface area (Å²) in [4.78, 5) is 11.4. The molecule has 1 aliphatic carbocycles. The number of aromatic nitrogens is 3. The van der Waals surface area contributed by atoms with Gasteiger partial charge in [0.25, 0.3) is 10.0 Å². The summed E-state index contributed by atoms with van der Waals surface area (Å²) in [6, 6.07) is 9.28. The maximum Gasteiger partial charge on any atom is 0.262 e. The fourth-order valence-electron chi connectivity index (χ4n) is 3.03. The highest BCUT2D eigenvalue weighted by Gasteiger charge is 2.25. The van der Waals surface area contributed by atoms with E-state index in [0.29, 0.717) is 22.8 Å². The minimum absolute atomic E-state index is 0.0863. The van der Waals surface area contributed by atoms with Gasteiger partial charge in [0.2, 0.25) is 0 Å². The van der Waals surface area contributed by atoms with Crippen LogP contribution in [0.1, 0.15) is 48.3 Å². The number of carbonyl (C=O) groups is 1. The number of nitrogens with one attached hydrogen (secondary N) is 1. The van der Waals surface area contributed by atoms with Crippen molar-refractivity contribution in [2.24, 2.45) is 0 Å². The number of nitrogens with zero attached hydrogens (tertiary/aromatic N) is 3. The summed E-state index contributed by atoms with van der Waals surface area (Å²) in [5.74, 6) is 1.15. The van der Waals surface area contributed by atoms with E-state index < -0.39 is 10.0 Å². The molecule has 0 amide bonds. The quantitative estimate of drug-likeness (QED) is 0.697. The van der Waals surface area contributed by atoms with Gasteiger partial charge in [0.05, 0.1) is 10.6 Å². The Morgan fingerprint density at radius 3 is 2.50 bits per heavy atom. The van der Waals surface area contributed by atoms with Crippen LogP contribution in [0.15, 0.2) is 47.5 Å². The second kappa shape index (κ2) is 6.21. The van der Waals surface area contributed by atoms with Crippen LogP contribution >= 0.6 is 0 Å². The number of rotatable bonds is 5. The second-order valence-corrected chi connectivity index (χ2v) is 8.17. The summed E-state index contributed by atoms with van der Waals surface area (Å²) in [5, 5.41) is 8.43. The highest BCUT2D eigenvalue weighted by molar-refractivity contribution is 7.92. The maximum atomic E-state index is 12.7. The molecule has 7 nitrogen and oxygen atoms in total. The van der Waals surface area contributed by atoms with Gasteiger partial charge < -0.3 is 0 Å². The van der Waals surface area contributed by atoms with Crippen molar-refractivity contribution >= 4 is 27.1 Å². The van der Waals surface area contributed by atoms with Crippen molar-refractivity contribution in [3.8, 4) is 0 Å². The average molecular weight is 370 g/mol. The molecule has 0 saturated heterocycles. The number of anilines is 1. The van der Waals surface area contributed by atoms with E-state index in [9.17, 15) is 13.2 Å². The number of carbonyl (C=O) groups excluding carboxylic acids is 1. The lowest BCUT2D eigenvalue weighted by Crippen LogP contribution is -2.15. The first-order valence-corrected chi connectivity index (χ1v) is 9.91. The van der Waals surface area contributed by atoms with Gasteiger partial charge in [-0.1, -0.05) is 18.6 Å². The van der Waals surface area contributed by atoms with Crippen LogP contribution in [0, 0.1) is 0 Å². The zero-order valence-corrected chi connectivity index (χ0v) is 15.0. The summed E-state index contributed by atoms with van der Waals surface area (Å²) in [6.07, 6.45) is 5.20. The zero-order chi connectivity index (χ0) is 18.3. The highest BCUT2D eigenvalue weighted by atomic mass is 32.2. The van der Waals surface area contributed by atoms with Crippen molar-refractivity contribution < 1.29 is 13.2 Å². The number of fused-ring (bicyclic) bond motifs is 1. The number of sulfonamides is 1. The van der Waals surface area contributed by atoms with Gasteiger partial charge in [-0.2, -0.15) is 0 Å². The fourth-order valence-corrected chi connectivity index (χ4v) is 4.09. The first kappa shape index (κ1) is 16.7. The second-order valence-electron chi connectivity index (χ2n) is 6.49. The Bertz CT molecular complexity index is 1080. The minimum Gasteiger partial charge on any atom is -0.295 e. The van der Waals surface area contributed by atoms with Gasteiger partial charge in [0, 0.05) is 17.7 Å². The Morgan fingerprint density at radius 2 is 1.88 bits per heavy atom. The third-order valence-electron chi connectivity index (χ3n) is 4.75. The number of ketones is 1. The van der Waals surface area contributed by atoms with E-state index in [0.717, 1.165) is 18.7 Å². The molecule has 0 bridgehead atoms. The van der Waals surface area contributed by atoms with Crippen molar-refractivity contribution in [2.45, 2.75) is 37.0 Å². The number of pyridine rings is 1. The maximum absolute atomic E-state index is 12.7. The van der Waals surface area contributed by atoms with E-state index in [1.54, 1.807) is 12.1 Å². The normalized spacial score (nSPS) is 15.0. The molecule has 0 spiro atoms. The average Bonchev–Trinajstić information content (AvgIpc) is 2.98. The number of Topliss-reactive ketones (excluding diaryl/α,β-unsaturated/α-hetero) is 1. The summed E-state index contributed by atoms with van der Waals surface area (Å²) < 4.78 is 29.8. The van der Waals surface area contributed by atoms with Gasteiger partial charge >= 0.3 is 0 Å². The third-order valence-corrected chi connectivity index (χ3v) is 6.13. The van der Waals surface area contributed by atoms with Gasteiger partial charge in [-0.15, -0.1) is 10.2 Å². The minimum atomic E-state index is -3.79. The van der Waals surface area contributed by atoms with Gasteiger partial charge in [-0.05, 0) is 44.0 Å². The highest BCUT2D eigenvalue weighted by Crippen LogP contribution is 2.36. The van der Waals surface area contributed by atoms with Gasteiger partial charge in [0.1, 0.15) is 5.82 Å². The molecule has 1 saturated carbocycles. The molecular formula is C18H18N4O3S. The van der Waals surface area contributed by atoms with Crippen LogP contribution in [0.25, 0.3) is 5.65 Å². The van der Waals surface area contributed by atoms with E-state index in [1.807, 2.05) is 10.6 Å². The Hall–Kier alpha value is -2.74. The summed E-state index contributed by atoms with van der Waals surface area (Å²) >= 11 is 0. The van der Waals surface area contributed by atoms with E-state index in [1.165, 1.54) is 37.6 Å². The van der Waals surface area contributed by atoms with Crippen molar-refractivity contribution in [3.05, 3.63) is 54.0 Å². The summed E-state index contributed by atoms with van der Waals surface area (Å²) in [7, 11) is -3.79. The third kappa shape index (κ3) is 2.86. The fraction of sp³-hybridized carbons (Fsp3) is 0.278. The van der Waals surface area contributed by atoms with Crippen molar-refractivity contribution in [3.63, 3.8) is 0 Å². The summed E-state index contributed by atoms with van der Waals surface area (Å²) in [5.41, 5.74) is 1.33. The van der Waals surface area contributed by atoms with Crippen LogP contribution in [-0.2, 0) is 10.0 Å². The first-order valence-electron chi connectivity index (χ1n) is 8.43. The van der Waals surface area contributed by atoms with Crippen molar-refractivity contribution in [2.75, 3.05) is 4.72 Å². The SMILES string of the molecule is CC(=O)c1ccc(S(=O)(=O)Nc2cccn3c(C4CCC4)nnc23)cc1. The summed E-state index contributed by atoms with van der Waals surface area (Å²) in [6.45, 7) is 1.44. The molecule has 0 unspecified atom stereocenters. The molecule has 1 fully saturated rings. The Labute approximate surface area is 151 Å². The molecule has 4 rings (SSSR count). The van der Waals surface area contributed by atoms with E-state index >= 15 is 0 Å². The number of hydrogen-bond acceptors (Lipinski definition) is 5. The van der Waals surface area contributed by atoms with Gasteiger partial charge in [-0.3, -0.25) is 13.9 Å². The van der Waals surface area contributed by atoms with Crippen LogP contribution < -0.4 is 4.72 Å². The lowest BCUT2D eigenvalue weighted by Gasteiger charge is -2.23. The number of benzene rings is 1. The zero-order valence-electron chi connectivity index (χ0n) is 14.2. The molecule has 2 heterocycles. The monoisotopic (exact) mass is 370 g/mol. The van der Waals surface area contributed by atoms with Crippen molar-refractivity contribution in [1.82, 2.24) is 14.6 Å². The van der Waals surface area contributed by atoms with Crippen LogP contribution in [-0.4, -0.2) is 28.8 Å². The largest absolute Gasteiger partial charge is 0.295 e. The molecule has 8 heteroatoms. The van der Waals surface area contributed by atoms with Crippen molar-refractivity contribution in [1.29, 1.82) is 0 Å². The lowest BCUT2D eigenvalue weighted by molar-refractivity contribution is 0.101. The Kier molecular flexibility index (Phi) is 3.99. The van der Waals surface area contributed by atoms with Crippen LogP contribution in [0.2, 0.25) is 0 Å². The Balaban J connectivity index is 1.67. The van der Waals surface area contributed by atoms with Gasteiger partial charge in [-0.25, -0.2) is 8.42 Å². The molecule has 1 N–H and O–H groups in total. The van der Waals surface area contributed by atoms with Gasteiger partial charge in [0.15, 0.2) is 11.4 Å². The smallest absolute Gasteiger partial charge is 0.262 e. The molecular weight excluding hydrogens is 352 g/mol.